The van der Waals surface area contributed by atoms with Crippen LogP contribution in [0.3, 0.4) is 0 Å². The second-order valence-corrected chi connectivity index (χ2v) is 4.80. The van der Waals surface area contributed by atoms with Crippen molar-refractivity contribution >= 4 is 16.3 Å². The topological polar surface area (TPSA) is 156 Å². The van der Waals surface area contributed by atoms with E-state index in [-0.39, 0.29) is 11.3 Å². The molecule has 0 aliphatic rings. The summed E-state index contributed by atoms with van der Waals surface area (Å²) in [6.45, 7) is 0. The second kappa shape index (κ2) is 7.52. The van der Waals surface area contributed by atoms with Gasteiger partial charge in [-0.25, -0.2) is 5.84 Å². The Morgan fingerprint density at radius 2 is 1.59 bits per heavy atom. The first-order chi connectivity index (χ1) is 10.2. The SMILES string of the molecule is NNC(=O)c1cc(-c2ccccc2)ccc1O.O=S(=O)([O-])[O-]. The van der Waals surface area contributed by atoms with Crippen molar-refractivity contribution in [2.24, 2.45) is 5.84 Å². The van der Waals surface area contributed by atoms with E-state index in [9.17, 15) is 9.90 Å². The summed E-state index contributed by atoms with van der Waals surface area (Å²) >= 11 is 0. The quantitative estimate of drug-likeness (QED) is 0.236. The number of rotatable bonds is 2. The van der Waals surface area contributed by atoms with Crippen molar-refractivity contribution in [3.63, 3.8) is 0 Å². The summed E-state index contributed by atoms with van der Waals surface area (Å²) in [5.74, 6) is 4.45. The van der Waals surface area contributed by atoms with E-state index in [1.807, 2.05) is 35.8 Å². The Balaban J connectivity index is 0.000000422. The first-order valence-corrected chi connectivity index (χ1v) is 7.12. The number of phenolic OH excluding ortho intramolecular Hbond substituents is 1. The van der Waals surface area contributed by atoms with Gasteiger partial charge < -0.3 is 14.2 Å². The zero-order chi connectivity index (χ0) is 16.8. The van der Waals surface area contributed by atoms with Crippen molar-refractivity contribution in [1.29, 1.82) is 0 Å². The molecule has 0 fully saturated rings. The lowest BCUT2D eigenvalue weighted by molar-refractivity contribution is 0.0951. The zero-order valence-corrected chi connectivity index (χ0v) is 11.9. The molecule has 0 aliphatic heterocycles. The van der Waals surface area contributed by atoms with Gasteiger partial charge in [0.1, 0.15) is 5.75 Å². The molecule has 2 aromatic carbocycles. The molecule has 8 nitrogen and oxygen atoms in total. The summed E-state index contributed by atoms with van der Waals surface area (Å²) in [5.41, 5.74) is 3.98. The van der Waals surface area contributed by atoms with E-state index in [4.69, 9.17) is 23.4 Å². The van der Waals surface area contributed by atoms with Crippen LogP contribution in [0.4, 0.5) is 0 Å². The first-order valence-electron chi connectivity index (χ1n) is 5.78. The maximum absolute atomic E-state index is 11.4. The Labute approximate surface area is 126 Å². The van der Waals surface area contributed by atoms with Crippen LogP contribution in [0.25, 0.3) is 11.1 Å². The van der Waals surface area contributed by atoms with Crippen LogP contribution in [-0.4, -0.2) is 28.5 Å². The van der Waals surface area contributed by atoms with Gasteiger partial charge in [-0.2, -0.15) is 0 Å². The fraction of sp³-hybridized carbons (Fsp3) is 0. The Bertz CT molecular complexity index is 738. The Hall–Kier alpha value is -2.46. The predicted molar refractivity (Wildman–Crippen MR) is 75.7 cm³/mol. The number of benzene rings is 2. The maximum Gasteiger partial charge on any atom is 0.268 e. The van der Waals surface area contributed by atoms with E-state index in [0.29, 0.717) is 0 Å². The molecule has 118 valence electrons. The van der Waals surface area contributed by atoms with Gasteiger partial charge in [0.05, 0.1) is 5.56 Å². The van der Waals surface area contributed by atoms with Crippen LogP contribution in [0.5, 0.6) is 5.75 Å². The van der Waals surface area contributed by atoms with E-state index in [1.165, 1.54) is 6.07 Å². The highest BCUT2D eigenvalue weighted by Gasteiger charge is 2.10. The number of carbonyl (C=O) groups excluding carboxylic acids is 1. The van der Waals surface area contributed by atoms with Crippen LogP contribution in [0.1, 0.15) is 10.4 Å². The number of nitrogen functional groups attached to an aromatic ring is 1. The van der Waals surface area contributed by atoms with Crippen LogP contribution in [0, 0.1) is 0 Å². The molecule has 0 atom stereocenters. The molecule has 0 saturated heterocycles. The normalized spacial score (nSPS) is 10.3. The van der Waals surface area contributed by atoms with Crippen molar-refractivity contribution in [2.45, 2.75) is 0 Å². The van der Waals surface area contributed by atoms with Crippen molar-refractivity contribution in [1.82, 2.24) is 5.43 Å². The fourth-order valence-corrected chi connectivity index (χ4v) is 1.61. The average Bonchev–Trinajstić information content (AvgIpc) is 2.46. The van der Waals surface area contributed by atoms with E-state index >= 15 is 0 Å². The lowest BCUT2D eigenvalue weighted by atomic mass is 10.0. The zero-order valence-electron chi connectivity index (χ0n) is 11.1. The maximum atomic E-state index is 11.4. The van der Waals surface area contributed by atoms with Gasteiger partial charge in [0.15, 0.2) is 0 Å². The monoisotopic (exact) mass is 324 g/mol. The molecular weight excluding hydrogens is 312 g/mol. The fourth-order valence-electron chi connectivity index (χ4n) is 1.61. The van der Waals surface area contributed by atoms with E-state index in [2.05, 4.69) is 0 Å². The van der Waals surface area contributed by atoms with Crippen LogP contribution in [0.2, 0.25) is 0 Å². The van der Waals surface area contributed by atoms with Crippen LogP contribution < -0.4 is 11.3 Å². The molecule has 0 saturated carbocycles. The number of hydrogen-bond acceptors (Lipinski definition) is 7. The molecule has 4 N–H and O–H groups in total. The summed E-state index contributed by atoms with van der Waals surface area (Å²) in [7, 11) is -5.17. The highest BCUT2D eigenvalue weighted by molar-refractivity contribution is 7.79. The minimum atomic E-state index is -5.17. The molecule has 0 unspecified atom stereocenters. The lowest BCUT2D eigenvalue weighted by Gasteiger charge is -2.06. The summed E-state index contributed by atoms with van der Waals surface area (Å²) < 4.78 is 34.1. The van der Waals surface area contributed by atoms with Crippen LogP contribution in [0.15, 0.2) is 48.5 Å². The highest BCUT2D eigenvalue weighted by Crippen LogP contribution is 2.25. The van der Waals surface area contributed by atoms with E-state index < -0.39 is 16.3 Å². The molecule has 2 rings (SSSR count). The number of amides is 1. The number of nitrogens with two attached hydrogens (primary N) is 1. The van der Waals surface area contributed by atoms with Crippen LogP contribution in [-0.2, 0) is 10.4 Å². The second-order valence-electron chi connectivity index (χ2n) is 3.98. The predicted octanol–water partition coefficient (Wildman–Crippen LogP) is 0.325. The number of aromatic hydroxyl groups is 1. The number of hydrogen-bond donors (Lipinski definition) is 3. The molecule has 0 spiro atoms. The molecule has 1 amide bonds. The Morgan fingerprint density at radius 1 is 1.05 bits per heavy atom. The van der Waals surface area contributed by atoms with Gasteiger partial charge >= 0.3 is 0 Å². The third kappa shape index (κ3) is 5.89. The Morgan fingerprint density at radius 3 is 2.09 bits per heavy atom. The third-order valence-electron chi connectivity index (χ3n) is 2.48. The van der Waals surface area contributed by atoms with Crippen molar-refractivity contribution in [3.05, 3.63) is 54.1 Å². The molecule has 0 radical (unpaired) electrons. The third-order valence-corrected chi connectivity index (χ3v) is 2.48. The number of phenols is 1. The lowest BCUT2D eigenvalue weighted by Crippen LogP contribution is -2.30. The number of carbonyl (C=O) groups is 1. The molecule has 0 aliphatic carbocycles. The van der Waals surface area contributed by atoms with E-state index in [0.717, 1.165) is 11.1 Å². The number of hydrazine groups is 1. The Kier molecular flexibility index (Phi) is 6.01. The highest BCUT2D eigenvalue weighted by atomic mass is 32.3. The summed E-state index contributed by atoms with van der Waals surface area (Å²) in [4.78, 5) is 11.4. The molecule has 0 aromatic heterocycles. The van der Waals surface area contributed by atoms with Gasteiger partial charge in [-0.05, 0) is 23.3 Å². The smallest absolute Gasteiger partial charge is 0.268 e. The average molecular weight is 324 g/mol. The van der Waals surface area contributed by atoms with Gasteiger partial charge in [-0.15, -0.1) is 0 Å². The molecule has 22 heavy (non-hydrogen) atoms. The van der Waals surface area contributed by atoms with Crippen molar-refractivity contribution in [3.8, 4) is 16.9 Å². The van der Waals surface area contributed by atoms with Crippen LogP contribution >= 0.6 is 0 Å². The molecular formula is C13H12N2O6S-2. The molecule has 9 heteroatoms. The van der Waals surface area contributed by atoms with Gasteiger partial charge in [0.25, 0.3) is 5.91 Å². The number of nitrogens with one attached hydrogen (secondary N) is 1. The minimum Gasteiger partial charge on any atom is -0.759 e. The molecule has 0 bridgehead atoms. The van der Waals surface area contributed by atoms with Gasteiger partial charge in [0.2, 0.25) is 0 Å². The van der Waals surface area contributed by atoms with Crippen molar-refractivity contribution < 1.29 is 27.4 Å². The molecule has 2 aromatic rings. The first kappa shape index (κ1) is 17.6. The van der Waals surface area contributed by atoms with Crippen molar-refractivity contribution in [2.75, 3.05) is 0 Å². The summed E-state index contributed by atoms with van der Waals surface area (Å²) in [6.07, 6.45) is 0. The van der Waals surface area contributed by atoms with Gasteiger partial charge in [-0.1, -0.05) is 36.4 Å². The summed E-state index contributed by atoms with van der Waals surface area (Å²) in [5, 5.41) is 9.57. The van der Waals surface area contributed by atoms with Gasteiger partial charge in [-0.3, -0.25) is 18.6 Å². The molecule has 0 heterocycles. The standard InChI is InChI=1S/C13H12N2O2.H2O4S/c14-15-13(17)11-8-10(6-7-12(11)16)9-4-2-1-3-5-9;1-5(2,3)4/h1-8,16H,14H2,(H,15,17);(H2,1,2,3,4)/p-2. The van der Waals surface area contributed by atoms with E-state index in [1.54, 1.807) is 12.1 Å². The minimum absolute atomic E-state index is 0.0902. The largest absolute Gasteiger partial charge is 0.759 e. The van der Waals surface area contributed by atoms with Gasteiger partial charge in [0, 0.05) is 10.4 Å². The summed E-state index contributed by atoms with van der Waals surface area (Å²) in [6, 6.07) is 14.4.